The van der Waals surface area contributed by atoms with Crippen LogP contribution in [-0.4, -0.2) is 0 Å². The van der Waals surface area contributed by atoms with E-state index >= 15 is 0 Å². The zero-order chi connectivity index (χ0) is 29.1. The Bertz CT molecular complexity index is 1250. The molecule has 3 aromatic carbocycles. The quantitative estimate of drug-likeness (QED) is 0.200. The number of aryl methyl sites for hydroxylation is 2. The minimum absolute atomic E-state index is 0.732. The molecule has 0 aliphatic heterocycles. The topological polar surface area (TPSA) is 0 Å². The molecule has 0 saturated heterocycles. The van der Waals surface area contributed by atoms with Crippen LogP contribution in [0.5, 0.6) is 0 Å². The molecule has 0 unspecified atom stereocenters. The van der Waals surface area contributed by atoms with Crippen molar-refractivity contribution in [2.24, 2.45) is 11.8 Å². The molecule has 0 nitrogen and oxygen atoms in total. The zero-order valence-electron chi connectivity index (χ0n) is 26.1. The molecule has 5 rings (SSSR count). The van der Waals surface area contributed by atoms with Crippen molar-refractivity contribution in [3.8, 4) is 0 Å². The molecule has 2 aliphatic rings. The number of hydrogen-bond donors (Lipinski definition) is 0. The molecule has 0 atom stereocenters. The Morgan fingerprint density at radius 3 is 1.27 bits per heavy atom. The second kappa shape index (κ2) is 15.7. The maximum absolute atomic E-state index is 2.73. The van der Waals surface area contributed by atoms with E-state index in [9.17, 15) is 0 Å². The monoisotopic (exact) mass is 620 g/mol. The molecule has 2 aliphatic carbocycles. The summed E-state index contributed by atoms with van der Waals surface area (Å²) in [6.45, 7) is 9.45. The molecule has 0 heterocycles. The van der Waals surface area contributed by atoms with Gasteiger partial charge in [-0.1, -0.05) is 60.7 Å². The first-order valence-corrected chi connectivity index (χ1v) is 22.4. The van der Waals surface area contributed by atoms with Gasteiger partial charge in [-0.3, -0.25) is 0 Å². The van der Waals surface area contributed by atoms with Crippen molar-refractivity contribution in [3.05, 3.63) is 150 Å². The molecular weight excluding hydrogens is 572 g/mol. The van der Waals surface area contributed by atoms with Crippen molar-refractivity contribution < 1.29 is 20.3 Å². The first-order valence-electron chi connectivity index (χ1n) is 15.7. The molecule has 3 aromatic rings. The number of hydrogen-bond acceptors (Lipinski definition) is 0. The van der Waals surface area contributed by atoms with Crippen LogP contribution in [0.25, 0.3) is 0 Å². The average Bonchev–Trinajstić information content (AvgIpc) is 3.64. The summed E-state index contributed by atoms with van der Waals surface area (Å²) in [6.07, 6.45) is 17.0. The normalized spacial score (nSPS) is 14.8. The SMILES string of the molecule is CC(C)CC1=[C]([Zr]([CH3])([CH2]c2ccccc2)[C]2=C(CC(C)C)C=CC2)CC=C1.c1ccc(CCc2ccccc2)cc1. The predicted molar refractivity (Wildman–Crippen MR) is 177 cm³/mol. The van der Waals surface area contributed by atoms with Gasteiger partial charge in [-0.25, -0.2) is 0 Å². The van der Waals surface area contributed by atoms with Crippen molar-refractivity contribution in [2.45, 2.75) is 75.0 Å². The molecule has 0 aromatic heterocycles. The number of rotatable bonds is 11. The van der Waals surface area contributed by atoms with E-state index in [0.717, 1.165) is 24.7 Å². The van der Waals surface area contributed by atoms with E-state index in [1.54, 1.807) is 16.7 Å². The summed E-state index contributed by atoms with van der Waals surface area (Å²) in [4.78, 5) is 0. The summed E-state index contributed by atoms with van der Waals surface area (Å²) in [6, 6.07) is 32.5. The van der Waals surface area contributed by atoms with Crippen LogP contribution in [0, 0.1) is 11.8 Å². The van der Waals surface area contributed by atoms with E-state index in [1.165, 1.54) is 40.9 Å². The maximum atomic E-state index is 2.73. The molecule has 0 radical (unpaired) electrons. The molecule has 41 heavy (non-hydrogen) atoms. The van der Waals surface area contributed by atoms with Crippen molar-refractivity contribution >= 4 is 0 Å². The Kier molecular flexibility index (Phi) is 12.0. The van der Waals surface area contributed by atoms with E-state index in [2.05, 4.69) is 148 Å². The van der Waals surface area contributed by atoms with Crippen LogP contribution in [0.4, 0.5) is 0 Å². The summed E-state index contributed by atoms with van der Waals surface area (Å²) in [5.74, 6) is 1.46. The van der Waals surface area contributed by atoms with Gasteiger partial charge in [0.25, 0.3) is 0 Å². The van der Waals surface area contributed by atoms with Gasteiger partial charge in [0.05, 0.1) is 0 Å². The minimum Gasteiger partial charge on any atom is -0.0622 e. The molecule has 1 heteroatoms. The van der Waals surface area contributed by atoms with Crippen molar-refractivity contribution in [1.82, 2.24) is 0 Å². The van der Waals surface area contributed by atoms with Crippen LogP contribution in [0.3, 0.4) is 0 Å². The van der Waals surface area contributed by atoms with Crippen LogP contribution in [0.2, 0.25) is 4.63 Å². The third-order valence-electron chi connectivity index (χ3n) is 8.43. The third kappa shape index (κ3) is 9.25. The van der Waals surface area contributed by atoms with Crippen LogP contribution >= 0.6 is 0 Å². The van der Waals surface area contributed by atoms with Gasteiger partial charge in [-0.2, -0.15) is 0 Å². The standard InChI is InChI=1S/C14H14.2C9H13.C7H7.CH3.Zr/c1-3-7-13(8-4-1)11-12-14-9-5-2-6-10-14;2*1-8(2)7-9-5-3-4-6-9;1-7-5-3-2-4-6-7;;/h1-10H,11-12H2;2*3,5,8H,4,7H2,1-2H3;2-6H,1H2;1H3;. The fraction of sp³-hybridized carbons (Fsp3) is 0.350. The molecule has 0 bridgehead atoms. The molecule has 0 fully saturated rings. The summed E-state index contributed by atoms with van der Waals surface area (Å²) in [5.41, 5.74) is 7.74. The smallest absolute Gasteiger partial charge is 0.0238 e. The Morgan fingerprint density at radius 1 is 0.537 bits per heavy atom. The van der Waals surface area contributed by atoms with E-state index in [4.69, 9.17) is 0 Å². The summed E-state index contributed by atoms with van der Waals surface area (Å²) in [5, 5.41) is 0. The second-order valence-corrected chi connectivity index (χ2v) is 23.3. The van der Waals surface area contributed by atoms with Gasteiger partial charge >= 0.3 is 172 Å². The van der Waals surface area contributed by atoms with Crippen LogP contribution in [0.15, 0.2) is 133 Å². The second-order valence-electron chi connectivity index (χ2n) is 12.9. The maximum Gasteiger partial charge on any atom is -0.0238 e. The first-order chi connectivity index (χ1) is 19.8. The van der Waals surface area contributed by atoms with E-state index in [-0.39, 0.29) is 0 Å². The van der Waals surface area contributed by atoms with Crippen molar-refractivity contribution in [1.29, 1.82) is 0 Å². The number of allylic oxidation sites excluding steroid dienone is 8. The molecule has 214 valence electrons. The Morgan fingerprint density at radius 2 is 0.902 bits per heavy atom. The Balaban J connectivity index is 0.000000231. The Labute approximate surface area is 255 Å². The van der Waals surface area contributed by atoms with Gasteiger partial charge in [-0.05, 0) is 24.0 Å². The van der Waals surface area contributed by atoms with E-state index in [0.29, 0.717) is 0 Å². The van der Waals surface area contributed by atoms with Gasteiger partial charge in [0, 0.05) is 0 Å². The average molecular weight is 622 g/mol. The van der Waals surface area contributed by atoms with Gasteiger partial charge in [-0.15, -0.1) is 0 Å². The summed E-state index contributed by atoms with van der Waals surface area (Å²) in [7, 11) is 0. The summed E-state index contributed by atoms with van der Waals surface area (Å²) < 4.78 is 7.79. The van der Waals surface area contributed by atoms with Gasteiger partial charge < -0.3 is 0 Å². The summed E-state index contributed by atoms with van der Waals surface area (Å²) >= 11 is -2.70. The molecular formula is C40H50Zr. The van der Waals surface area contributed by atoms with Crippen LogP contribution in [0.1, 0.15) is 70.1 Å². The van der Waals surface area contributed by atoms with Gasteiger partial charge in [0.1, 0.15) is 0 Å². The fourth-order valence-corrected chi connectivity index (χ4v) is 18.2. The van der Waals surface area contributed by atoms with Gasteiger partial charge in [0.2, 0.25) is 0 Å². The molecule has 0 spiro atoms. The van der Waals surface area contributed by atoms with Gasteiger partial charge in [0.15, 0.2) is 0 Å². The van der Waals surface area contributed by atoms with Crippen LogP contribution in [-0.2, 0) is 37.2 Å². The van der Waals surface area contributed by atoms with E-state index in [1.807, 2.05) is 6.56 Å². The first kappa shape index (κ1) is 31.4. The van der Waals surface area contributed by atoms with Crippen LogP contribution < -0.4 is 0 Å². The largest absolute Gasteiger partial charge is 0.0622 e. The molecule has 0 amide bonds. The van der Waals surface area contributed by atoms with Crippen molar-refractivity contribution in [2.75, 3.05) is 0 Å². The minimum atomic E-state index is -2.70. The predicted octanol–water partition coefficient (Wildman–Crippen LogP) is 11.4. The Hall–Kier alpha value is -2.50. The zero-order valence-corrected chi connectivity index (χ0v) is 28.5. The molecule has 0 N–H and O–H groups in total. The third-order valence-corrected chi connectivity index (χ3v) is 20.3. The number of benzene rings is 3. The molecule has 0 saturated carbocycles. The van der Waals surface area contributed by atoms with Crippen molar-refractivity contribution in [3.63, 3.8) is 0 Å². The van der Waals surface area contributed by atoms with E-state index < -0.39 is 20.3 Å². The fourth-order valence-electron chi connectivity index (χ4n) is 6.50.